The fourth-order valence-electron chi connectivity index (χ4n) is 7.71. The summed E-state index contributed by atoms with van der Waals surface area (Å²) in [5, 5.41) is 0.0965. The van der Waals surface area contributed by atoms with E-state index < -0.39 is 17.1 Å². The van der Waals surface area contributed by atoms with Gasteiger partial charge in [-0.05, 0) is 112 Å². The molecule has 0 bridgehead atoms. The maximum absolute atomic E-state index is 14.3. The smallest absolute Gasteiger partial charge is 0.328 e. The van der Waals surface area contributed by atoms with Crippen molar-refractivity contribution in [3.05, 3.63) is 93.0 Å². The van der Waals surface area contributed by atoms with Crippen LogP contribution in [0.5, 0.6) is 0 Å². The number of aromatic nitrogens is 3. The van der Waals surface area contributed by atoms with Gasteiger partial charge in [0.05, 0.1) is 17.3 Å². The predicted octanol–water partition coefficient (Wildman–Crippen LogP) is 5.25. The highest BCUT2D eigenvalue weighted by atomic mass is 19.1. The number of nitrogens with two attached hydrogens (primary N) is 1. The minimum absolute atomic E-state index is 0.0680. The van der Waals surface area contributed by atoms with Crippen molar-refractivity contribution in [2.45, 2.75) is 82.5 Å². The van der Waals surface area contributed by atoms with Crippen LogP contribution in [0.4, 0.5) is 4.39 Å². The molecule has 9 heteroatoms. The largest absolute Gasteiger partial charge is 0.337 e. The summed E-state index contributed by atoms with van der Waals surface area (Å²) in [4.78, 5) is 37.0. The average Bonchev–Trinajstić information content (AvgIpc) is 3.07. The predicted molar refractivity (Wildman–Crippen MR) is 176 cm³/mol. The molecule has 4 aromatic rings. The lowest BCUT2D eigenvalue weighted by Crippen LogP contribution is -2.46. The molecule has 2 aromatic heterocycles. The van der Waals surface area contributed by atoms with E-state index in [1.165, 1.54) is 66.0 Å². The zero-order chi connectivity index (χ0) is 30.9. The SMILES string of the molecule is N[C@H]1CC[C@@H](n2c(=O)c3cc(F)cnc3n(-c3cccc(-c4ccc(CN5CCC(N6CCCCC6)CC5)cc4)c3)c2=O)CC1. The van der Waals surface area contributed by atoms with Crippen LogP contribution in [0.3, 0.4) is 0 Å². The Morgan fingerprint density at radius 1 is 0.800 bits per heavy atom. The minimum atomic E-state index is -0.609. The first-order chi connectivity index (χ1) is 21.9. The lowest BCUT2D eigenvalue weighted by molar-refractivity contribution is 0.0896. The van der Waals surface area contributed by atoms with Gasteiger partial charge in [-0.25, -0.2) is 18.7 Å². The van der Waals surface area contributed by atoms with E-state index in [9.17, 15) is 14.0 Å². The van der Waals surface area contributed by atoms with Crippen molar-refractivity contribution in [2.75, 3.05) is 26.2 Å². The number of pyridine rings is 1. The molecule has 7 rings (SSSR count). The second-order valence-corrected chi connectivity index (χ2v) is 13.2. The van der Waals surface area contributed by atoms with Gasteiger partial charge >= 0.3 is 5.69 Å². The van der Waals surface area contributed by atoms with E-state index >= 15 is 0 Å². The van der Waals surface area contributed by atoms with Crippen molar-refractivity contribution in [3.8, 4) is 16.8 Å². The topological polar surface area (TPSA) is 89.4 Å². The van der Waals surface area contributed by atoms with Crippen LogP contribution < -0.4 is 17.0 Å². The lowest BCUT2D eigenvalue weighted by atomic mass is 9.91. The van der Waals surface area contributed by atoms with Crippen molar-refractivity contribution < 1.29 is 4.39 Å². The van der Waals surface area contributed by atoms with Crippen LogP contribution in [0, 0.1) is 5.82 Å². The first kappa shape index (κ1) is 30.0. The highest BCUT2D eigenvalue weighted by Gasteiger charge is 2.27. The van der Waals surface area contributed by atoms with Crippen LogP contribution in [0.1, 0.15) is 69.4 Å². The van der Waals surface area contributed by atoms with Gasteiger partial charge < -0.3 is 10.6 Å². The molecular formula is C36H43FN6O2. The van der Waals surface area contributed by atoms with Gasteiger partial charge in [-0.1, -0.05) is 42.8 Å². The Bertz CT molecular complexity index is 1760. The van der Waals surface area contributed by atoms with Gasteiger partial charge in [-0.15, -0.1) is 0 Å². The maximum atomic E-state index is 14.3. The summed E-state index contributed by atoms with van der Waals surface area (Å²) in [5.41, 5.74) is 9.18. The number of fused-ring (bicyclic) bond motifs is 1. The molecule has 8 nitrogen and oxygen atoms in total. The van der Waals surface area contributed by atoms with Crippen LogP contribution in [0.15, 0.2) is 70.4 Å². The van der Waals surface area contributed by atoms with E-state index in [1.807, 2.05) is 24.3 Å². The third kappa shape index (κ3) is 6.26. The molecule has 1 aliphatic carbocycles. The molecule has 2 saturated heterocycles. The number of benzene rings is 2. The molecule has 3 fully saturated rings. The molecule has 0 amide bonds. The molecule has 4 heterocycles. The van der Waals surface area contributed by atoms with E-state index in [-0.39, 0.29) is 23.1 Å². The zero-order valence-corrected chi connectivity index (χ0v) is 25.9. The Morgan fingerprint density at radius 2 is 1.53 bits per heavy atom. The van der Waals surface area contributed by atoms with Gasteiger partial charge in [0, 0.05) is 24.7 Å². The summed E-state index contributed by atoms with van der Waals surface area (Å²) in [5.74, 6) is -0.609. The fourth-order valence-corrected chi connectivity index (χ4v) is 7.71. The van der Waals surface area contributed by atoms with Gasteiger partial charge in [-0.2, -0.15) is 0 Å². The minimum Gasteiger partial charge on any atom is -0.328 e. The number of likely N-dealkylation sites (tertiary alicyclic amines) is 2. The molecular weight excluding hydrogens is 567 g/mol. The van der Waals surface area contributed by atoms with Gasteiger partial charge in [0.25, 0.3) is 5.56 Å². The van der Waals surface area contributed by atoms with Crippen molar-refractivity contribution in [1.82, 2.24) is 23.9 Å². The third-order valence-electron chi connectivity index (χ3n) is 10.3. The molecule has 1 saturated carbocycles. The van der Waals surface area contributed by atoms with Crippen LogP contribution in [-0.4, -0.2) is 62.2 Å². The summed E-state index contributed by atoms with van der Waals surface area (Å²) in [6.07, 6.45) is 10.4. The molecule has 2 aliphatic heterocycles. The zero-order valence-electron chi connectivity index (χ0n) is 25.9. The van der Waals surface area contributed by atoms with Crippen LogP contribution in [0.25, 0.3) is 27.8 Å². The molecule has 0 radical (unpaired) electrons. The third-order valence-corrected chi connectivity index (χ3v) is 10.3. The summed E-state index contributed by atoms with van der Waals surface area (Å²) >= 11 is 0. The molecule has 0 spiro atoms. The normalized spacial score (nSPS) is 22.2. The van der Waals surface area contributed by atoms with Gasteiger partial charge in [0.15, 0.2) is 5.65 Å². The summed E-state index contributed by atoms with van der Waals surface area (Å²) in [6, 6.07) is 18.1. The number of nitrogens with zero attached hydrogens (tertiary/aromatic N) is 5. The highest BCUT2D eigenvalue weighted by molar-refractivity contribution is 5.76. The second kappa shape index (κ2) is 13.0. The molecule has 2 N–H and O–H groups in total. The number of halogens is 1. The van der Waals surface area contributed by atoms with Crippen LogP contribution in [0.2, 0.25) is 0 Å². The van der Waals surface area contributed by atoms with Crippen molar-refractivity contribution in [3.63, 3.8) is 0 Å². The monoisotopic (exact) mass is 610 g/mol. The van der Waals surface area contributed by atoms with Crippen molar-refractivity contribution in [2.24, 2.45) is 5.73 Å². The van der Waals surface area contributed by atoms with E-state index in [1.54, 1.807) is 0 Å². The Kier molecular flexibility index (Phi) is 8.66. The number of piperidine rings is 2. The van der Waals surface area contributed by atoms with E-state index in [4.69, 9.17) is 5.73 Å². The van der Waals surface area contributed by atoms with Gasteiger partial charge in [0.2, 0.25) is 0 Å². The van der Waals surface area contributed by atoms with Crippen molar-refractivity contribution >= 4 is 11.0 Å². The Labute approximate surface area is 263 Å². The number of hydrogen-bond donors (Lipinski definition) is 1. The first-order valence-electron chi connectivity index (χ1n) is 16.7. The second-order valence-electron chi connectivity index (χ2n) is 13.2. The quantitative estimate of drug-likeness (QED) is 0.321. The first-order valence-corrected chi connectivity index (χ1v) is 16.7. The number of rotatable bonds is 6. The van der Waals surface area contributed by atoms with Gasteiger partial charge in [0.1, 0.15) is 5.82 Å². The molecule has 0 atom stereocenters. The Balaban J connectivity index is 1.13. The van der Waals surface area contributed by atoms with Gasteiger partial charge in [-0.3, -0.25) is 14.3 Å². The van der Waals surface area contributed by atoms with Crippen molar-refractivity contribution in [1.29, 1.82) is 0 Å². The lowest BCUT2D eigenvalue weighted by Gasteiger charge is -2.40. The van der Waals surface area contributed by atoms with Crippen LogP contribution in [-0.2, 0) is 6.54 Å². The molecule has 45 heavy (non-hydrogen) atoms. The summed E-state index contributed by atoms with van der Waals surface area (Å²) in [6.45, 7) is 5.77. The molecule has 236 valence electrons. The highest BCUT2D eigenvalue weighted by Crippen LogP contribution is 2.28. The Morgan fingerprint density at radius 3 is 2.27 bits per heavy atom. The number of hydrogen-bond acceptors (Lipinski definition) is 6. The fraction of sp³-hybridized carbons (Fsp3) is 0.472. The molecule has 0 unspecified atom stereocenters. The Hall–Kier alpha value is -3.66. The van der Waals surface area contributed by atoms with E-state index in [2.05, 4.69) is 39.0 Å². The average molecular weight is 611 g/mol. The summed E-state index contributed by atoms with van der Waals surface area (Å²) in [7, 11) is 0. The molecule has 2 aromatic carbocycles. The van der Waals surface area contributed by atoms with E-state index in [0.29, 0.717) is 18.5 Å². The molecule has 3 aliphatic rings. The summed E-state index contributed by atoms with van der Waals surface area (Å²) < 4.78 is 17.1. The van der Waals surface area contributed by atoms with E-state index in [0.717, 1.165) is 55.8 Å². The maximum Gasteiger partial charge on any atom is 0.337 e. The van der Waals surface area contributed by atoms with Crippen LogP contribution >= 0.6 is 0 Å². The standard InChI is InChI=1S/C36H43FN6O2/c37-28-22-33-34(39-23-28)42(36(45)43(35(33)44)31-13-11-29(38)12-14-31)32-6-4-5-27(21-32)26-9-7-25(8-10-26)24-40-19-15-30(16-20-40)41-17-2-1-3-18-41/h4-10,21-23,29-31H,1-3,11-20,24,38H2/t29-,31+.